The van der Waals surface area contributed by atoms with E-state index in [0.29, 0.717) is 10.6 Å². The first-order valence-corrected chi connectivity index (χ1v) is 15.1. The van der Waals surface area contributed by atoms with Crippen molar-refractivity contribution in [3.63, 3.8) is 0 Å². The number of nitrogens with zero attached hydrogens (tertiary/aromatic N) is 2. The number of hydrogen-bond acceptors (Lipinski definition) is 5. The lowest BCUT2D eigenvalue weighted by Crippen LogP contribution is -2.54. The van der Waals surface area contributed by atoms with E-state index in [1.165, 1.54) is 36.3 Å². The topological polar surface area (TPSA) is 96.0 Å². The molecule has 0 saturated carbocycles. The molecule has 1 atom stereocenters. The standard InChI is InChI=1S/C30H35Cl2N3O5S/c1-20-11-14-24(15-12-20)41(38,39)35(26-17-23(31)13-16-27(26)40-6)19-28(36)34(18-22-9-7-8-10-25(22)32)21(2)29(37)33-30(3,4)5/h7-17,21H,18-19H2,1-6H3,(H,33,37)/t21-/m0/s1. The average molecular weight is 621 g/mol. The van der Waals surface area contributed by atoms with Crippen molar-refractivity contribution in [2.45, 2.75) is 57.6 Å². The summed E-state index contributed by atoms with van der Waals surface area (Å²) in [6, 6.07) is 16.8. The van der Waals surface area contributed by atoms with Gasteiger partial charge >= 0.3 is 0 Å². The van der Waals surface area contributed by atoms with Gasteiger partial charge in [0, 0.05) is 22.1 Å². The number of anilines is 1. The van der Waals surface area contributed by atoms with Crippen LogP contribution in [0.25, 0.3) is 0 Å². The fourth-order valence-corrected chi connectivity index (χ4v) is 5.85. The van der Waals surface area contributed by atoms with Gasteiger partial charge in [0.1, 0.15) is 18.3 Å². The maximum Gasteiger partial charge on any atom is 0.264 e. The van der Waals surface area contributed by atoms with Crippen LogP contribution in [0.15, 0.2) is 71.6 Å². The fourth-order valence-electron chi connectivity index (χ4n) is 4.08. The highest BCUT2D eigenvalue weighted by Gasteiger charge is 2.34. The maximum absolute atomic E-state index is 14.1. The summed E-state index contributed by atoms with van der Waals surface area (Å²) in [5, 5.41) is 3.56. The van der Waals surface area contributed by atoms with Crippen molar-refractivity contribution in [1.29, 1.82) is 0 Å². The third-order valence-electron chi connectivity index (χ3n) is 6.26. The summed E-state index contributed by atoms with van der Waals surface area (Å²) in [5.74, 6) is -0.820. The third-order valence-corrected chi connectivity index (χ3v) is 8.64. The van der Waals surface area contributed by atoms with E-state index in [4.69, 9.17) is 27.9 Å². The number of carbonyl (C=O) groups excluding carboxylic acids is 2. The average Bonchev–Trinajstić information content (AvgIpc) is 2.90. The van der Waals surface area contributed by atoms with Gasteiger partial charge in [-0.2, -0.15) is 0 Å². The first-order valence-electron chi connectivity index (χ1n) is 12.9. The van der Waals surface area contributed by atoms with Crippen LogP contribution < -0.4 is 14.4 Å². The minimum absolute atomic E-state index is 0.0193. The molecule has 3 aromatic rings. The summed E-state index contributed by atoms with van der Waals surface area (Å²) >= 11 is 12.7. The molecule has 220 valence electrons. The van der Waals surface area contributed by atoms with Crippen LogP contribution in [0.2, 0.25) is 10.0 Å². The molecule has 8 nitrogen and oxygen atoms in total. The predicted molar refractivity (Wildman–Crippen MR) is 163 cm³/mol. The van der Waals surface area contributed by atoms with Crippen molar-refractivity contribution < 1.29 is 22.7 Å². The molecule has 0 heterocycles. The van der Waals surface area contributed by atoms with Gasteiger partial charge in [-0.05, 0) is 76.6 Å². The Morgan fingerprint density at radius 1 is 1.00 bits per heavy atom. The number of aryl methyl sites for hydroxylation is 1. The Hall–Kier alpha value is -3.27. The molecule has 0 bridgehead atoms. The number of hydrogen-bond donors (Lipinski definition) is 1. The van der Waals surface area contributed by atoms with Gasteiger partial charge in [0.2, 0.25) is 11.8 Å². The van der Waals surface area contributed by atoms with Gasteiger partial charge in [0.05, 0.1) is 17.7 Å². The van der Waals surface area contributed by atoms with E-state index in [1.807, 2.05) is 27.7 Å². The Kier molecular flexibility index (Phi) is 10.3. The minimum atomic E-state index is -4.28. The van der Waals surface area contributed by atoms with Crippen molar-refractivity contribution in [3.05, 3.63) is 87.9 Å². The number of amides is 2. The van der Waals surface area contributed by atoms with E-state index in [1.54, 1.807) is 49.4 Å². The summed E-state index contributed by atoms with van der Waals surface area (Å²) in [6.45, 7) is 8.27. The molecule has 0 radical (unpaired) electrons. The smallest absolute Gasteiger partial charge is 0.264 e. The van der Waals surface area contributed by atoms with Gasteiger partial charge in [0.15, 0.2) is 0 Å². The summed E-state index contributed by atoms with van der Waals surface area (Å²) in [7, 11) is -2.89. The molecule has 0 unspecified atom stereocenters. The van der Waals surface area contributed by atoms with E-state index in [2.05, 4.69) is 5.32 Å². The SMILES string of the molecule is COc1ccc(Cl)cc1N(CC(=O)N(Cc1ccccc1Cl)[C@@H](C)C(=O)NC(C)(C)C)S(=O)(=O)c1ccc(C)cc1. The van der Waals surface area contributed by atoms with E-state index < -0.39 is 40.0 Å². The van der Waals surface area contributed by atoms with E-state index >= 15 is 0 Å². The molecule has 0 aliphatic heterocycles. The van der Waals surface area contributed by atoms with E-state index in [-0.39, 0.29) is 27.9 Å². The molecule has 3 rings (SSSR count). The summed E-state index contributed by atoms with van der Waals surface area (Å²) < 4.78 is 34.5. The second kappa shape index (κ2) is 13.1. The van der Waals surface area contributed by atoms with Crippen LogP contribution >= 0.6 is 23.2 Å². The molecule has 0 fully saturated rings. The molecule has 0 saturated heterocycles. The van der Waals surface area contributed by atoms with Crippen molar-refractivity contribution in [2.24, 2.45) is 0 Å². The fraction of sp³-hybridized carbons (Fsp3) is 0.333. The molecule has 11 heteroatoms. The van der Waals surface area contributed by atoms with Crippen LogP contribution in [0.5, 0.6) is 5.75 Å². The van der Waals surface area contributed by atoms with Crippen molar-refractivity contribution in [3.8, 4) is 5.75 Å². The Morgan fingerprint density at radius 3 is 2.22 bits per heavy atom. The number of sulfonamides is 1. The molecule has 41 heavy (non-hydrogen) atoms. The molecule has 0 aliphatic carbocycles. The summed E-state index contributed by atoms with van der Waals surface area (Å²) in [5.41, 5.74) is 1.00. The summed E-state index contributed by atoms with van der Waals surface area (Å²) in [6.07, 6.45) is 0. The number of nitrogens with one attached hydrogen (secondary N) is 1. The zero-order valence-electron chi connectivity index (χ0n) is 23.9. The van der Waals surface area contributed by atoms with Gasteiger partial charge in [-0.3, -0.25) is 13.9 Å². The van der Waals surface area contributed by atoms with E-state index in [0.717, 1.165) is 9.87 Å². The Morgan fingerprint density at radius 2 is 1.63 bits per heavy atom. The number of rotatable bonds is 10. The second-order valence-corrected chi connectivity index (χ2v) is 13.4. The molecule has 0 aromatic heterocycles. The molecular formula is C30H35Cl2N3O5S. The lowest BCUT2D eigenvalue weighted by molar-refractivity contribution is -0.140. The van der Waals surface area contributed by atoms with Crippen LogP contribution in [-0.2, 0) is 26.2 Å². The molecule has 0 aliphatic rings. The lowest BCUT2D eigenvalue weighted by Gasteiger charge is -2.34. The second-order valence-electron chi connectivity index (χ2n) is 10.7. The van der Waals surface area contributed by atoms with Crippen molar-refractivity contribution in [1.82, 2.24) is 10.2 Å². The molecule has 2 amide bonds. The van der Waals surface area contributed by atoms with Gasteiger partial charge in [-0.15, -0.1) is 0 Å². The number of carbonyl (C=O) groups is 2. The lowest BCUT2D eigenvalue weighted by atomic mass is 10.1. The highest BCUT2D eigenvalue weighted by atomic mass is 35.5. The highest BCUT2D eigenvalue weighted by molar-refractivity contribution is 7.92. The van der Waals surface area contributed by atoms with Crippen LogP contribution in [0.4, 0.5) is 5.69 Å². The number of halogens is 2. The molecule has 0 spiro atoms. The zero-order chi connectivity index (χ0) is 30.5. The first kappa shape index (κ1) is 32.2. The van der Waals surface area contributed by atoms with Gasteiger partial charge in [0.25, 0.3) is 10.0 Å². The Bertz CT molecular complexity index is 1510. The zero-order valence-corrected chi connectivity index (χ0v) is 26.3. The Balaban J connectivity index is 2.12. The minimum Gasteiger partial charge on any atom is -0.495 e. The number of benzene rings is 3. The monoisotopic (exact) mass is 619 g/mol. The molecular weight excluding hydrogens is 585 g/mol. The number of methoxy groups -OCH3 is 1. The van der Waals surface area contributed by atoms with Gasteiger partial charge < -0.3 is 15.0 Å². The van der Waals surface area contributed by atoms with Crippen molar-refractivity contribution >= 4 is 50.7 Å². The first-order chi connectivity index (χ1) is 19.1. The predicted octanol–water partition coefficient (Wildman–Crippen LogP) is 5.84. The van der Waals surface area contributed by atoms with Crippen LogP contribution in [0.1, 0.15) is 38.8 Å². The van der Waals surface area contributed by atoms with Crippen LogP contribution in [0.3, 0.4) is 0 Å². The largest absolute Gasteiger partial charge is 0.495 e. The van der Waals surface area contributed by atoms with Gasteiger partial charge in [-0.25, -0.2) is 8.42 Å². The molecule has 3 aromatic carbocycles. The van der Waals surface area contributed by atoms with Gasteiger partial charge in [-0.1, -0.05) is 59.1 Å². The quantitative estimate of drug-likeness (QED) is 0.308. The highest BCUT2D eigenvalue weighted by Crippen LogP contribution is 2.35. The Labute approximate surface area is 252 Å². The number of ether oxygens (including phenoxy) is 1. The third kappa shape index (κ3) is 8.15. The normalized spacial score (nSPS) is 12.4. The summed E-state index contributed by atoms with van der Waals surface area (Å²) in [4.78, 5) is 28.6. The maximum atomic E-state index is 14.1. The van der Waals surface area contributed by atoms with Crippen molar-refractivity contribution in [2.75, 3.05) is 18.0 Å². The van der Waals surface area contributed by atoms with Crippen LogP contribution in [0, 0.1) is 6.92 Å². The molecule has 1 N–H and O–H groups in total. The van der Waals surface area contributed by atoms with Crippen LogP contribution in [-0.4, -0.2) is 50.4 Å². The van der Waals surface area contributed by atoms with E-state index in [9.17, 15) is 18.0 Å².